The predicted octanol–water partition coefficient (Wildman–Crippen LogP) is 4.57. The largest absolute Gasteiger partial charge is 0.748 e. The van der Waals surface area contributed by atoms with Crippen molar-refractivity contribution in [2.24, 2.45) is 0 Å². The van der Waals surface area contributed by atoms with Crippen LogP contribution in [-0.2, 0) is 16.8 Å². The first kappa shape index (κ1) is 18.4. The van der Waals surface area contributed by atoms with Gasteiger partial charge in [0, 0.05) is 16.8 Å². The monoisotopic (exact) mass is 373 g/mol. The van der Waals surface area contributed by atoms with E-state index in [1.54, 1.807) is 0 Å². The van der Waals surface area contributed by atoms with E-state index >= 15 is 0 Å². The van der Waals surface area contributed by atoms with Crippen LogP contribution in [0, 0.1) is 0 Å². The van der Waals surface area contributed by atoms with Gasteiger partial charge in [-0.05, 0) is 10.6 Å². The smallest absolute Gasteiger partial charge is 0 e. The molecule has 0 N–H and O–H groups in total. The van der Waals surface area contributed by atoms with E-state index in [0.717, 1.165) is 0 Å². The molecule has 0 unspecified atom stereocenters. The Morgan fingerprint density at radius 3 is 1.29 bits per heavy atom. The third-order valence-electron chi connectivity index (χ3n) is 3.49. The molecule has 0 heterocycles. The van der Waals surface area contributed by atoms with Crippen molar-refractivity contribution >= 4 is 23.8 Å². The molecule has 127 valence electrons. The van der Waals surface area contributed by atoms with Crippen LogP contribution in [0.25, 0.3) is 0 Å². The van der Waals surface area contributed by atoms with E-state index in [1.807, 2.05) is 30.3 Å². The molecule has 0 aliphatic heterocycles. The van der Waals surface area contributed by atoms with Crippen molar-refractivity contribution in [1.82, 2.24) is 0 Å². The molecule has 0 nitrogen and oxygen atoms in total. The Balaban J connectivity index is 0.000000300. The molecule has 0 amide bonds. The summed E-state index contributed by atoms with van der Waals surface area (Å²) in [6.45, 7) is 0. The first-order chi connectivity index (χ1) is 11.4. The van der Waals surface area contributed by atoms with Gasteiger partial charge in [-0.2, -0.15) is 12.1 Å². The maximum Gasteiger partial charge on any atom is 0 e. The number of hydrogen-bond donors (Lipinski definition) is 0. The van der Waals surface area contributed by atoms with Crippen LogP contribution in [0.15, 0.2) is 115 Å². The molecule has 24 heavy (non-hydrogen) atoms. The van der Waals surface area contributed by atoms with Crippen LogP contribution < -0.4 is 15.9 Å². The third kappa shape index (κ3) is 5.04. The quantitative estimate of drug-likeness (QED) is 0.365. The van der Waals surface area contributed by atoms with E-state index in [1.165, 1.54) is 15.9 Å². The van der Waals surface area contributed by atoms with Crippen LogP contribution >= 0.6 is 7.92 Å². The van der Waals surface area contributed by atoms with Crippen LogP contribution in [-0.4, -0.2) is 0 Å². The SMILES string of the molecule is [Co].[cH-]1[cH-][cH-][cH-][cH-]1.c1ccc(P(c2ccccc2)[c-]2cccc2)cc1. The Morgan fingerprint density at radius 2 is 0.917 bits per heavy atom. The topological polar surface area (TPSA) is 0 Å². The van der Waals surface area contributed by atoms with E-state index in [4.69, 9.17) is 0 Å². The molecule has 2 heteroatoms. The molecule has 4 aromatic rings. The Labute approximate surface area is 155 Å². The summed E-state index contributed by atoms with van der Waals surface area (Å²) in [6, 6.07) is 40.2. The first-order valence-electron chi connectivity index (χ1n) is 7.74. The fourth-order valence-corrected chi connectivity index (χ4v) is 4.74. The molecule has 0 bridgehead atoms. The van der Waals surface area contributed by atoms with Crippen LogP contribution in [0.3, 0.4) is 0 Å². The van der Waals surface area contributed by atoms with E-state index in [0.29, 0.717) is 0 Å². The second kappa shape index (κ2) is 10.0. The second-order valence-electron chi connectivity index (χ2n) is 5.11. The van der Waals surface area contributed by atoms with Crippen molar-refractivity contribution in [3.63, 3.8) is 0 Å². The molecule has 4 aromatic carbocycles. The van der Waals surface area contributed by atoms with Gasteiger partial charge in [0.2, 0.25) is 0 Å². The van der Waals surface area contributed by atoms with Gasteiger partial charge in [0.1, 0.15) is 0 Å². The van der Waals surface area contributed by atoms with E-state index in [-0.39, 0.29) is 16.8 Å². The average molecular weight is 373 g/mol. The van der Waals surface area contributed by atoms with Crippen LogP contribution in [0.2, 0.25) is 0 Å². The Kier molecular flexibility index (Phi) is 7.71. The maximum atomic E-state index is 2.23. The summed E-state index contributed by atoms with van der Waals surface area (Å²) in [5.74, 6) is 0. The summed E-state index contributed by atoms with van der Waals surface area (Å²) < 4.78 is 0. The van der Waals surface area contributed by atoms with Crippen molar-refractivity contribution in [3.8, 4) is 0 Å². The zero-order valence-electron chi connectivity index (χ0n) is 13.3. The minimum Gasteiger partial charge on any atom is -0.748 e. The van der Waals surface area contributed by atoms with Gasteiger partial charge >= 0.3 is 0 Å². The molecule has 0 spiro atoms. The summed E-state index contributed by atoms with van der Waals surface area (Å²) in [5, 5.41) is 4.23. The Hall–Kier alpha value is -1.92. The minimum absolute atomic E-state index is 0. The molecule has 0 saturated carbocycles. The van der Waals surface area contributed by atoms with Gasteiger partial charge in [-0.1, -0.05) is 68.6 Å². The summed E-state index contributed by atoms with van der Waals surface area (Å²) >= 11 is 0. The van der Waals surface area contributed by atoms with Gasteiger partial charge < -0.3 is 30.3 Å². The van der Waals surface area contributed by atoms with E-state index in [9.17, 15) is 0 Å². The molecule has 1 radical (unpaired) electrons. The molecule has 4 rings (SSSR count). The minimum atomic E-state index is -0.409. The molecule has 0 saturated heterocycles. The average Bonchev–Trinajstić information content (AvgIpc) is 3.34. The van der Waals surface area contributed by atoms with Gasteiger partial charge in [0.15, 0.2) is 0 Å². The predicted molar refractivity (Wildman–Crippen MR) is 103 cm³/mol. The molecule has 0 fully saturated rings. The van der Waals surface area contributed by atoms with Crippen molar-refractivity contribution in [1.29, 1.82) is 0 Å². The van der Waals surface area contributed by atoms with Crippen molar-refractivity contribution < 1.29 is 16.8 Å². The first-order valence-corrected chi connectivity index (χ1v) is 9.08. The normalized spacial score (nSPS) is 9.71. The zero-order valence-corrected chi connectivity index (χ0v) is 15.2. The number of rotatable bonds is 3. The fraction of sp³-hybridized carbons (Fsp3) is 0. The van der Waals surface area contributed by atoms with Gasteiger partial charge in [-0.25, -0.2) is 12.1 Å². The van der Waals surface area contributed by atoms with E-state index < -0.39 is 7.92 Å². The molecular formula is C22H19CoP-6. The molecule has 0 aromatic heterocycles. The van der Waals surface area contributed by atoms with Crippen molar-refractivity contribution in [2.45, 2.75) is 0 Å². The third-order valence-corrected chi connectivity index (χ3v) is 5.93. The second-order valence-corrected chi connectivity index (χ2v) is 7.33. The Bertz CT molecular complexity index is 703. The van der Waals surface area contributed by atoms with Gasteiger partial charge in [0.05, 0.1) is 0 Å². The van der Waals surface area contributed by atoms with Crippen LogP contribution in [0.1, 0.15) is 0 Å². The summed E-state index contributed by atoms with van der Waals surface area (Å²) in [4.78, 5) is 0. The van der Waals surface area contributed by atoms with Gasteiger partial charge in [-0.3, -0.25) is 0 Å². The van der Waals surface area contributed by atoms with Gasteiger partial charge in [-0.15, -0.1) is 5.30 Å². The Morgan fingerprint density at radius 1 is 0.542 bits per heavy atom. The van der Waals surface area contributed by atoms with Crippen LogP contribution in [0.5, 0.6) is 0 Å². The standard InChI is InChI=1S/C17H14P.C5H5.Co/c1-3-9-15(10-4-1)18(17-13-7-8-14-17)16-11-5-2-6-12-16;1-2-4-5-3-1;/h1-14H;1-5H;/q-1;-5;. The van der Waals surface area contributed by atoms with Crippen molar-refractivity contribution in [2.75, 3.05) is 0 Å². The molecule has 0 aliphatic rings. The number of hydrogen-bond acceptors (Lipinski definition) is 0. The molecule has 0 atom stereocenters. The summed E-state index contributed by atoms with van der Waals surface area (Å²) in [5.41, 5.74) is 0. The zero-order chi connectivity index (χ0) is 15.7. The van der Waals surface area contributed by atoms with Crippen LogP contribution in [0.4, 0.5) is 0 Å². The molecular weight excluding hydrogens is 354 g/mol. The molecule has 0 aliphatic carbocycles. The fourth-order valence-electron chi connectivity index (χ4n) is 2.44. The summed E-state index contributed by atoms with van der Waals surface area (Å²) in [7, 11) is -0.409. The summed E-state index contributed by atoms with van der Waals surface area (Å²) in [6.07, 6.45) is 0. The van der Waals surface area contributed by atoms with E-state index in [2.05, 4.69) is 84.9 Å². The van der Waals surface area contributed by atoms with Crippen molar-refractivity contribution in [3.05, 3.63) is 115 Å². The maximum absolute atomic E-state index is 2.23. The number of benzene rings is 2. The van der Waals surface area contributed by atoms with Gasteiger partial charge in [0.25, 0.3) is 0 Å².